The van der Waals surface area contributed by atoms with Crippen LogP contribution in [0.1, 0.15) is 6.92 Å². The maximum absolute atomic E-state index is 5.46. The third-order valence-corrected chi connectivity index (χ3v) is 3.13. The van der Waals surface area contributed by atoms with Crippen molar-refractivity contribution >= 4 is 11.8 Å². The first-order valence-electron chi connectivity index (χ1n) is 5.52. The van der Waals surface area contributed by atoms with E-state index in [9.17, 15) is 0 Å². The second-order valence-electron chi connectivity index (χ2n) is 3.45. The predicted molar refractivity (Wildman–Crippen MR) is 68.7 cm³/mol. The van der Waals surface area contributed by atoms with Crippen LogP contribution >= 0.6 is 11.8 Å². The number of nitrogens with two attached hydrogens (primary N) is 1. The van der Waals surface area contributed by atoms with Gasteiger partial charge < -0.3 is 5.73 Å². The zero-order valence-corrected chi connectivity index (χ0v) is 10.5. The Morgan fingerprint density at radius 3 is 3.06 bits per heavy atom. The molecule has 0 aliphatic heterocycles. The van der Waals surface area contributed by atoms with Gasteiger partial charge >= 0.3 is 0 Å². The van der Waals surface area contributed by atoms with Crippen LogP contribution in [0.15, 0.2) is 29.8 Å². The second kappa shape index (κ2) is 5.79. The number of aryl methyl sites for hydroxylation is 1. The zero-order valence-electron chi connectivity index (χ0n) is 9.71. The van der Waals surface area contributed by atoms with E-state index in [2.05, 4.69) is 22.0 Å². The molecule has 0 saturated carbocycles. The zero-order chi connectivity index (χ0) is 12.1. The summed E-state index contributed by atoms with van der Waals surface area (Å²) < 4.78 is 1.88. The summed E-state index contributed by atoms with van der Waals surface area (Å²) in [5, 5.41) is 4.99. The van der Waals surface area contributed by atoms with Crippen molar-refractivity contribution in [1.29, 1.82) is 0 Å². The Kier molecular flexibility index (Phi) is 4.11. The quantitative estimate of drug-likeness (QED) is 0.641. The van der Waals surface area contributed by atoms with E-state index >= 15 is 0 Å². The van der Waals surface area contributed by atoms with Crippen LogP contribution in [0.3, 0.4) is 0 Å². The molecule has 0 saturated heterocycles. The van der Waals surface area contributed by atoms with Gasteiger partial charge in [0.15, 0.2) is 5.16 Å². The molecule has 0 fully saturated rings. The number of nitrogens with zero attached hydrogens (tertiary/aromatic N) is 4. The smallest absolute Gasteiger partial charge is 0.188 e. The van der Waals surface area contributed by atoms with Crippen LogP contribution in [0.5, 0.6) is 0 Å². The molecule has 5 nitrogen and oxygen atoms in total. The number of hydrogen-bond donors (Lipinski definition) is 1. The summed E-state index contributed by atoms with van der Waals surface area (Å²) in [6.45, 7) is 3.55. The van der Waals surface area contributed by atoms with Crippen molar-refractivity contribution in [3.63, 3.8) is 0 Å². The average molecular weight is 249 g/mol. The summed E-state index contributed by atoms with van der Waals surface area (Å²) in [6, 6.07) is 1.89. The molecular formula is C11H15N5S. The maximum Gasteiger partial charge on any atom is 0.188 e. The van der Waals surface area contributed by atoms with Gasteiger partial charge in [0.2, 0.25) is 0 Å². The van der Waals surface area contributed by atoms with Crippen LogP contribution in [0.25, 0.3) is 11.3 Å². The minimum absolute atomic E-state index is 0.631. The third kappa shape index (κ3) is 3.04. The molecule has 0 aliphatic carbocycles. The van der Waals surface area contributed by atoms with E-state index < -0.39 is 0 Å². The van der Waals surface area contributed by atoms with Crippen LogP contribution in [0.4, 0.5) is 0 Å². The van der Waals surface area contributed by atoms with E-state index in [4.69, 9.17) is 5.73 Å². The molecule has 2 heterocycles. The first kappa shape index (κ1) is 12.1. The molecule has 6 heteroatoms. The Morgan fingerprint density at radius 1 is 1.47 bits per heavy atom. The van der Waals surface area contributed by atoms with E-state index in [1.807, 2.05) is 23.1 Å². The lowest BCUT2D eigenvalue weighted by molar-refractivity contribution is 0.660. The molecule has 0 unspecified atom stereocenters. The van der Waals surface area contributed by atoms with Gasteiger partial charge in [0.05, 0.1) is 11.9 Å². The highest BCUT2D eigenvalue weighted by atomic mass is 32.2. The highest BCUT2D eigenvalue weighted by Gasteiger charge is 2.04. The summed E-state index contributed by atoms with van der Waals surface area (Å²) in [4.78, 5) is 8.67. The topological polar surface area (TPSA) is 69.6 Å². The summed E-state index contributed by atoms with van der Waals surface area (Å²) in [6.07, 6.45) is 5.58. The van der Waals surface area contributed by atoms with Crippen LogP contribution in [0.2, 0.25) is 0 Å². The van der Waals surface area contributed by atoms with Crippen LogP contribution < -0.4 is 5.73 Å². The lowest BCUT2D eigenvalue weighted by Gasteiger charge is -2.00. The monoisotopic (exact) mass is 249 g/mol. The molecular weight excluding hydrogens is 234 g/mol. The highest BCUT2D eigenvalue weighted by molar-refractivity contribution is 7.99. The Hall–Kier alpha value is -1.40. The van der Waals surface area contributed by atoms with Gasteiger partial charge in [0, 0.05) is 36.8 Å². The largest absolute Gasteiger partial charge is 0.330 e. The molecule has 2 N–H and O–H groups in total. The molecule has 2 rings (SSSR count). The van der Waals surface area contributed by atoms with Crippen molar-refractivity contribution in [2.24, 2.45) is 5.73 Å². The number of rotatable bonds is 5. The van der Waals surface area contributed by atoms with E-state index in [0.29, 0.717) is 6.54 Å². The molecule has 2 aromatic heterocycles. The van der Waals surface area contributed by atoms with Gasteiger partial charge in [-0.3, -0.25) is 4.68 Å². The van der Waals surface area contributed by atoms with Crippen molar-refractivity contribution in [3.05, 3.63) is 24.7 Å². The first-order valence-corrected chi connectivity index (χ1v) is 6.50. The predicted octanol–water partition coefficient (Wildman–Crippen LogP) is 1.41. The standard InChI is InChI=1S/C11H15N5S/c1-2-16-8-9(7-14-16)10-3-5-13-11(15-10)17-6-4-12/h3,5,7-8H,2,4,6,12H2,1H3. The van der Waals surface area contributed by atoms with Crippen LogP contribution in [-0.4, -0.2) is 32.0 Å². The van der Waals surface area contributed by atoms with Crippen molar-refractivity contribution in [1.82, 2.24) is 19.7 Å². The van der Waals surface area contributed by atoms with Gasteiger partial charge in [-0.2, -0.15) is 5.10 Å². The number of hydrogen-bond acceptors (Lipinski definition) is 5. The molecule has 0 bridgehead atoms. The van der Waals surface area contributed by atoms with E-state index in [0.717, 1.165) is 28.7 Å². The molecule has 0 radical (unpaired) electrons. The molecule has 0 aromatic carbocycles. The van der Waals surface area contributed by atoms with Crippen molar-refractivity contribution < 1.29 is 0 Å². The fourth-order valence-electron chi connectivity index (χ4n) is 1.39. The summed E-state index contributed by atoms with van der Waals surface area (Å²) >= 11 is 1.57. The molecule has 0 aliphatic rings. The van der Waals surface area contributed by atoms with Crippen molar-refractivity contribution in [2.75, 3.05) is 12.3 Å². The Bertz CT molecular complexity index is 482. The van der Waals surface area contributed by atoms with Gasteiger partial charge in [-0.15, -0.1) is 0 Å². The van der Waals surface area contributed by atoms with Gasteiger partial charge in [0.25, 0.3) is 0 Å². The Balaban J connectivity index is 2.20. The lowest BCUT2D eigenvalue weighted by Crippen LogP contribution is -2.02. The Morgan fingerprint density at radius 2 is 2.35 bits per heavy atom. The maximum atomic E-state index is 5.46. The van der Waals surface area contributed by atoms with Gasteiger partial charge in [-0.1, -0.05) is 11.8 Å². The first-order chi connectivity index (χ1) is 8.33. The van der Waals surface area contributed by atoms with Gasteiger partial charge in [-0.25, -0.2) is 9.97 Å². The number of thioether (sulfide) groups is 1. The number of aromatic nitrogens is 4. The van der Waals surface area contributed by atoms with Crippen LogP contribution in [0, 0.1) is 0 Å². The SMILES string of the molecule is CCn1cc(-c2ccnc(SCCN)n2)cn1. The fourth-order valence-corrected chi connectivity index (χ4v) is 1.99. The van der Waals surface area contributed by atoms with E-state index in [1.165, 1.54) is 0 Å². The average Bonchev–Trinajstić information content (AvgIpc) is 2.85. The summed E-state index contributed by atoms with van der Waals surface area (Å²) in [5.74, 6) is 0.831. The van der Waals surface area contributed by atoms with Crippen LogP contribution in [-0.2, 0) is 6.54 Å². The normalized spacial score (nSPS) is 10.7. The fraction of sp³-hybridized carbons (Fsp3) is 0.364. The summed E-state index contributed by atoms with van der Waals surface area (Å²) in [7, 11) is 0. The second-order valence-corrected chi connectivity index (χ2v) is 4.51. The molecule has 0 atom stereocenters. The molecule has 90 valence electrons. The lowest BCUT2D eigenvalue weighted by atomic mass is 10.2. The van der Waals surface area contributed by atoms with E-state index in [-0.39, 0.29) is 0 Å². The van der Waals surface area contributed by atoms with Gasteiger partial charge in [-0.05, 0) is 13.0 Å². The van der Waals surface area contributed by atoms with Crippen molar-refractivity contribution in [3.8, 4) is 11.3 Å². The Labute approximate surface area is 104 Å². The van der Waals surface area contributed by atoms with Crippen molar-refractivity contribution in [2.45, 2.75) is 18.6 Å². The van der Waals surface area contributed by atoms with Gasteiger partial charge in [0.1, 0.15) is 0 Å². The molecule has 0 amide bonds. The molecule has 2 aromatic rings. The van der Waals surface area contributed by atoms with E-state index in [1.54, 1.807) is 18.0 Å². The minimum Gasteiger partial charge on any atom is -0.330 e. The summed E-state index contributed by atoms with van der Waals surface area (Å²) in [5.41, 5.74) is 7.38. The highest BCUT2D eigenvalue weighted by Crippen LogP contribution is 2.19. The molecule has 0 spiro atoms. The molecule has 17 heavy (non-hydrogen) atoms. The minimum atomic E-state index is 0.631. The third-order valence-electron chi connectivity index (χ3n) is 2.24.